The minimum absolute atomic E-state index is 0.0214. The molecule has 0 radical (unpaired) electrons. The van der Waals surface area contributed by atoms with Crippen LogP contribution in [0.4, 0.5) is 5.69 Å². The van der Waals surface area contributed by atoms with Gasteiger partial charge in [0.15, 0.2) is 0 Å². The van der Waals surface area contributed by atoms with E-state index in [4.69, 9.17) is 23.2 Å². The number of benzene rings is 3. The summed E-state index contributed by atoms with van der Waals surface area (Å²) in [6.07, 6.45) is 5.47. The maximum absolute atomic E-state index is 14.2. The van der Waals surface area contributed by atoms with E-state index in [1.54, 1.807) is 18.2 Å². The number of nitrogens with one attached hydrogen (secondary N) is 1. The van der Waals surface area contributed by atoms with Crippen molar-refractivity contribution in [1.29, 1.82) is 0 Å². The molecule has 0 saturated heterocycles. The highest BCUT2D eigenvalue weighted by molar-refractivity contribution is 7.92. The molecule has 1 N–H and O–H groups in total. The Bertz CT molecular complexity index is 1470. The number of carbonyl (C=O) groups is 2. The van der Waals surface area contributed by atoms with Crippen molar-refractivity contribution >= 4 is 50.7 Å². The zero-order valence-corrected chi connectivity index (χ0v) is 26.3. The van der Waals surface area contributed by atoms with E-state index in [9.17, 15) is 18.0 Å². The Kier molecular flexibility index (Phi) is 10.9. The fourth-order valence-electron chi connectivity index (χ4n) is 5.25. The molecule has 2 amide bonds. The van der Waals surface area contributed by atoms with Gasteiger partial charge < -0.3 is 10.2 Å². The average molecular weight is 631 g/mol. The summed E-state index contributed by atoms with van der Waals surface area (Å²) in [5.74, 6) is -0.724. The van der Waals surface area contributed by atoms with Crippen LogP contribution in [0, 0.1) is 6.92 Å². The zero-order chi connectivity index (χ0) is 30.3. The molecule has 3 aromatic rings. The van der Waals surface area contributed by atoms with Crippen LogP contribution in [0.5, 0.6) is 0 Å². The summed E-state index contributed by atoms with van der Waals surface area (Å²) in [5.41, 5.74) is 2.15. The molecule has 0 aromatic heterocycles. The van der Waals surface area contributed by atoms with Gasteiger partial charge in [0.05, 0.1) is 10.6 Å². The molecular formula is C32H37Cl2N3O4S. The lowest BCUT2D eigenvalue weighted by atomic mass is 9.95. The number of amides is 2. The third-order valence-corrected chi connectivity index (χ3v) is 9.86. The van der Waals surface area contributed by atoms with E-state index in [2.05, 4.69) is 5.32 Å². The largest absolute Gasteiger partial charge is 0.352 e. The van der Waals surface area contributed by atoms with Crippen molar-refractivity contribution < 1.29 is 18.0 Å². The molecule has 42 heavy (non-hydrogen) atoms. The normalized spacial score (nSPS) is 14.7. The Hall–Kier alpha value is -3.07. The van der Waals surface area contributed by atoms with Crippen LogP contribution in [0.1, 0.15) is 56.6 Å². The van der Waals surface area contributed by atoms with Crippen LogP contribution in [0.25, 0.3) is 0 Å². The van der Waals surface area contributed by atoms with Gasteiger partial charge >= 0.3 is 0 Å². The Labute approximate surface area is 258 Å². The molecule has 1 aliphatic rings. The summed E-state index contributed by atoms with van der Waals surface area (Å²) < 4.78 is 28.9. The summed E-state index contributed by atoms with van der Waals surface area (Å²) >= 11 is 12.3. The minimum atomic E-state index is -4.20. The quantitative estimate of drug-likeness (QED) is 0.254. The molecule has 4 rings (SSSR count). The molecule has 10 heteroatoms. The summed E-state index contributed by atoms with van der Waals surface area (Å²) in [5, 5.41) is 3.87. The highest BCUT2D eigenvalue weighted by Gasteiger charge is 2.34. The van der Waals surface area contributed by atoms with Crippen LogP contribution < -0.4 is 9.62 Å². The van der Waals surface area contributed by atoms with Gasteiger partial charge in [-0.1, -0.05) is 85.3 Å². The van der Waals surface area contributed by atoms with E-state index >= 15 is 0 Å². The summed E-state index contributed by atoms with van der Waals surface area (Å²) in [6.45, 7) is 3.47. The van der Waals surface area contributed by atoms with E-state index in [0.29, 0.717) is 16.5 Å². The second kappa shape index (κ2) is 14.4. The predicted molar refractivity (Wildman–Crippen MR) is 168 cm³/mol. The molecule has 3 aromatic carbocycles. The molecule has 0 spiro atoms. The van der Waals surface area contributed by atoms with Crippen molar-refractivity contribution in [2.24, 2.45) is 0 Å². The molecule has 1 fully saturated rings. The Balaban J connectivity index is 1.70. The second-order valence-electron chi connectivity index (χ2n) is 10.7. The van der Waals surface area contributed by atoms with E-state index in [-0.39, 0.29) is 29.1 Å². The molecular weight excluding hydrogens is 593 g/mol. The van der Waals surface area contributed by atoms with E-state index in [1.807, 2.05) is 38.1 Å². The topological polar surface area (TPSA) is 86.8 Å². The number of anilines is 1. The molecule has 7 nitrogen and oxygen atoms in total. The molecule has 0 aliphatic heterocycles. The van der Waals surface area contributed by atoms with Gasteiger partial charge in [0.25, 0.3) is 10.0 Å². The fourth-order valence-corrected chi connectivity index (χ4v) is 6.96. The molecule has 1 saturated carbocycles. The highest BCUT2D eigenvalue weighted by Crippen LogP contribution is 2.28. The summed E-state index contributed by atoms with van der Waals surface area (Å²) in [4.78, 5) is 29.3. The van der Waals surface area contributed by atoms with Crippen molar-refractivity contribution in [3.05, 3.63) is 94.0 Å². The first-order chi connectivity index (χ1) is 20.1. The van der Waals surface area contributed by atoms with Crippen molar-refractivity contribution in [2.45, 2.75) is 75.9 Å². The van der Waals surface area contributed by atoms with Gasteiger partial charge in [-0.05, 0) is 74.2 Å². The number of hydrogen-bond acceptors (Lipinski definition) is 4. The first kappa shape index (κ1) is 31.9. The second-order valence-corrected chi connectivity index (χ2v) is 13.5. The minimum Gasteiger partial charge on any atom is -0.352 e. The first-order valence-electron chi connectivity index (χ1n) is 14.3. The van der Waals surface area contributed by atoms with Crippen molar-refractivity contribution in [1.82, 2.24) is 10.2 Å². The smallest absolute Gasteiger partial charge is 0.264 e. The molecule has 1 aliphatic carbocycles. The molecule has 224 valence electrons. The van der Waals surface area contributed by atoms with E-state index in [1.165, 1.54) is 35.2 Å². The van der Waals surface area contributed by atoms with Gasteiger partial charge in [-0.15, -0.1) is 0 Å². The zero-order valence-electron chi connectivity index (χ0n) is 23.9. The van der Waals surface area contributed by atoms with E-state index in [0.717, 1.165) is 47.5 Å². The lowest BCUT2D eigenvalue weighted by Gasteiger charge is -2.34. The van der Waals surface area contributed by atoms with Gasteiger partial charge in [0, 0.05) is 22.6 Å². The van der Waals surface area contributed by atoms with Gasteiger partial charge in [0.2, 0.25) is 11.8 Å². The van der Waals surface area contributed by atoms with Crippen molar-refractivity contribution in [3.63, 3.8) is 0 Å². The number of rotatable bonds is 11. The van der Waals surface area contributed by atoms with Crippen LogP contribution in [-0.2, 0) is 26.2 Å². The van der Waals surface area contributed by atoms with Crippen molar-refractivity contribution in [2.75, 3.05) is 10.8 Å². The Morgan fingerprint density at radius 3 is 2.21 bits per heavy atom. The lowest BCUT2D eigenvalue weighted by Crippen LogP contribution is -2.54. The third-order valence-electron chi connectivity index (χ3n) is 7.59. The number of sulfonamides is 1. The Morgan fingerprint density at radius 1 is 0.929 bits per heavy atom. The number of hydrogen-bond donors (Lipinski definition) is 1. The van der Waals surface area contributed by atoms with E-state index < -0.39 is 28.5 Å². The lowest BCUT2D eigenvalue weighted by molar-refractivity contribution is -0.140. The van der Waals surface area contributed by atoms with Crippen molar-refractivity contribution in [3.8, 4) is 0 Å². The highest BCUT2D eigenvalue weighted by atomic mass is 35.5. The van der Waals surface area contributed by atoms with Gasteiger partial charge in [-0.25, -0.2) is 8.42 Å². The number of halogens is 2. The fraction of sp³-hybridized carbons (Fsp3) is 0.375. The van der Waals surface area contributed by atoms with Crippen LogP contribution in [0.2, 0.25) is 10.0 Å². The summed E-state index contributed by atoms with van der Waals surface area (Å²) in [6, 6.07) is 19.1. The standard InChI is InChI=1S/C32H37Cl2N3O4S/c1-3-30(32(39)35-27-9-5-4-6-10-27)36(21-24-14-12-23(2)13-15-24)31(38)22-37(28-11-7-8-26(34)20-28)42(40,41)29-18-16-25(33)17-19-29/h7-8,11-20,27,30H,3-6,9-10,21-22H2,1-2H3,(H,35,39)/t30-/m0/s1. The van der Waals surface area contributed by atoms with Crippen LogP contribution >= 0.6 is 23.2 Å². The van der Waals surface area contributed by atoms with Crippen LogP contribution in [-0.4, -0.2) is 43.8 Å². The first-order valence-corrected chi connectivity index (χ1v) is 16.5. The third kappa shape index (κ3) is 8.06. The predicted octanol–water partition coefficient (Wildman–Crippen LogP) is 6.75. The maximum atomic E-state index is 14.2. The SMILES string of the molecule is CC[C@@H](C(=O)NC1CCCCC1)N(Cc1ccc(C)cc1)C(=O)CN(c1cccc(Cl)c1)S(=O)(=O)c1ccc(Cl)cc1. The average Bonchev–Trinajstić information content (AvgIpc) is 2.97. The number of aryl methyl sites for hydroxylation is 1. The molecule has 0 unspecified atom stereocenters. The molecule has 0 heterocycles. The number of nitrogens with zero attached hydrogens (tertiary/aromatic N) is 2. The van der Waals surface area contributed by atoms with Crippen LogP contribution in [0.3, 0.4) is 0 Å². The molecule has 0 bridgehead atoms. The van der Waals surface area contributed by atoms with Gasteiger partial charge in [-0.3, -0.25) is 13.9 Å². The van der Waals surface area contributed by atoms with Gasteiger partial charge in [0.1, 0.15) is 12.6 Å². The summed E-state index contributed by atoms with van der Waals surface area (Å²) in [7, 11) is -4.20. The molecule has 1 atom stereocenters. The Morgan fingerprint density at radius 2 is 1.60 bits per heavy atom. The van der Waals surface area contributed by atoms with Gasteiger partial charge in [-0.2, -0.15) is 0 Å². The maximum Gasteiger partial charge on any atom is 0.264 e. The number of carbonyl (C=O) groups excluding carboxylic acids is 2. The van der Waals surface area contributed by atoms with Crippen LogP contribution in [0.15, 0.2) is 77.7 Å². The monoisotopic (exact) mass is 629 g/mol.